The molecule has 6 rings (SSSR count). The number of nitrogens with zero attached hydrogens (tertiary/aromatic N) is 3. The Labute approximate surface area is 195 Å². The smallest absolute Gasteiger partial charge is 0.345 e. The number of phenolic OH excluding ortho intramolecular Hbond substituents is 1. The summed E-state index contributed by atoms with van der Waals surface area (Å²) in [6, 6.07) is 17.1. The lowest BCUT2D eigenvalue weighted by Crippen LogP contribution is -2.08. The number of fused-ring (bicyclic) bond motifs is 2. The predicted molar refractivity (Wildman–Crippen MR) is 129 cm³/mol. The summed E-state index contributed by atoms with van der Waals surface area (Å²) in [5, 5.41) is 17.9. The van der Waals surface area contributed by atoms with Crippen LogP contribution in [0.2, 0.25) is 0 Å². The summed E-state index contributed by atoms with van der Waals surface area (Å²) in [5.41, 5.74) is 2.05. The van der Waals surface area contributed by atoms with Crippen molar-refractivity contribution in [2.75, 3.05) is 0 Å². The average molecular weight is 469 g/mol. The minimum absolute atomic E-state index is 0.0118. The Morgan fingerprint density at radius 2 is 1.62 bits per heavy atom. The third-order valence-corrected chi connectivity index (χ3v) is 6.23. The summed E-state index contributed by atoms with van der Waals surface area (Å²) in [6.45, 7) is 1.81. The van der Waals surface area contributed by atoms with E-state index in [-0.39, 0.29) is 11.3 Å². The topological polar surface area (TPSA) is 111 Å². The van der Waals surface area contributed by atoms with E-state index in [1.54, 1.807) is 46.5 Å². The summed E-state index contributed by atoms with van der Waals surface area (Å²) in [5.74, 6) is 0.0118. The number of aromatic hydroxyl groups is 1. The van der Waals surface area contributed by atoms with E-state index >= 15 is 0 Å². The Bertz CT molecular complexity index is 1840. The molecule has 0 aliphatic rings. The molecule has 4 heterocycles. The van der Waals surface area contributed by atoms with Crippen molar-refractivity contribution in [3.05, 3.63) is 92.6 Å². The van der Waals surface area contributed by atoms with Gasteiger partial charge in [-0.2, -0.15) is 5.10 Å². The highest BCUT2D eigenvalue weighted by Crippen LogP contribution is 2.29. The first-order valence-electron chi connectivity index (χ1n) is 10.3. The van der Waals surface area contributed by atoms with Crippen LogP contribution in [0.25, 0.3) is 49.6 Å². The fourth-order valence-electron chi connectivity index (χ4n) is 3.84. The second-order valence-electron chi connectivity index (χ2n) is 7.75. The average Bonchev–Trinajstić information content (AvgIpc) is 3.45. The summed E-state index contributed by atoms with van der Waals surface area (Å²) < 4.78 is 12.4. The molecule has 0 atom stereocenters. The Balaban J connectivity index is 1.48. The zero-order chi connectivity index (χ0) is 23.4. The van der Waals surface area contributed by atoms with Crippen molar-refractivity contribution in [3.63, 3.8) is 0 Å². The standard InChI is InChI=1S/C25H15N3O5S/c1-13-8-20(18-10-15-6-7-16(29)11-22(15)33-24(18)31)28(27-13)25-26-19(12-34-25)17-9-14-4-2-3-5-21(14)32-23(17)30/h2-12,29H,1H3. The van der Waals surface area contributed by atoms with Gasteiger partial charge in [0.05, 0.1) is 28.2 Å². The van der Waals surface area contributed by atoms with E-state index in [1.807, 2.05) is 19.1 Å². The Morgan fingerprint density at radius 3 is 2.50 bits per heavy atom. The van der Waals surface area contributed by atoms with Crippen molar-refractivity contribution >= 4 is 33.3 Å². The number of rotatable bonds is 3. The molecular weight excluding hydrogens is 454 g/mol. The molecule has 0 unspecified atom stereocenters. The van der Waals surface area contributed by atoms with Gasteiger partial charge in [-0.1, -0.05) is 18.2 Å². The first kappa shape index (κ1) is 20.1. The first-order valence-corrected chi connectivity index (χ1v) is 11.2. The molecule has 2 aromatic carbocycles. The molecule has 1 N–H and O–H groups in total. The van der Waals surface area contributed by atoms with Crippen molar-refractivity contribution < 1.29 is 13.9 Å². The number of hydrogen-bond donors (Lipinski definition) is 1. The van der Waals surface area contributed by atoms with E-state index in [9.17, 15) is 14.7 Å². The SMILES string of the molecule is Cc1cc(-c2cc3ccc(O)cc3oc2=O)n(-c2nc(-c3cc4ccccc4oc3=O)cs2)n1. The Morgan fingerprint density at radius 1 is 0.882 bits per heavy atom. The van der Waals surface area contributed by atoms with Crippen LogP contribution < -0.4 is 11.3 Å². The number of para-hydroxylation sites is 1. The lowest BCUT2D eigenvalue weighted by molar-refractivity contribution is 0.473. The van der Waals surface area contributed by atoms with Crippen LogP contribution in [0.15, 0.2) is 84.5 Å². The predicted octanol–water partition coefficient (Wildman–Crippen LogP) is 4.89. The van der Waals surface area contributed by atoms with Crippen LogP contribution in [0.1, 0.15) is 5.69 Å². The zero-order valence-electron chi connectivity index (χ0n) is 17.7. The molecule has 0 radical (unpaired) electrons. The summed E-state index contributed by atoms with van der Waals surface area (Å²) in [7, 11) is 0. The van der Waals surface area contributed by atoms with E-state index in [2.05, 4.69) is 10.1 Å². The third kappa shape index (κ3) is 3.30. The van der Waals surface area contributed by atoms with Gasteiger partial charge in [0.25, 0.3) is 0 Å². The van der Waals surface area contributed by atoms with E-state index in [0.717, 1.165) is 5.39 Å². The second-order valence-corrected chi connectivity index (χ2v) is 8.59. The summed E-state index contributed by atoms with van der Waals surface area (Å²) in [6.07, 6.45) is 0. The number of thiazole rings is 1. The molecule has 0 saturated heterocycles. The number of phenols is 1. The van der Waals surface area contributed by atoms with Crippen molar-refractivity contribution in [2.24, 2.45) is 0 Å². The monoisotopic (exact) mass is 469 g/mol. The van der Waals surface area contributed by atoms with E-state index in [4.69, 9.17) is 8.83 Å². The number of benzene rings is 2. The van der Waals surface area contributed by atoms with Crippen molar-refractivity contribution in [2.45, 2.75) is 6.92 Å². The van der Waals surface area contributed by atoms with Crippen molar-refractivity contribution in [3.8, 4) is 33.4 Å². The Hall–Kier alpha value is -4.50. The molecule has 0 amide bonds. The Kier molecular flexibility index (Phi) is 4.46. The van der Waals surface area contributed by atoms with Crippen LogP contribution in [0.4, 0.5) is 0 Å². The molecule has 0 aliphatic carbocycles. The van der Waals surface area contributed by atoms with Gasteiger partial charge in [0.1, 0.15) is 16.9 Å². The highest BCUT2D eigenvalue weighted by molar-refractivity contribution is 7.12. The molecule has 0 spiro atoms. The fourth-order valence-corrected chi connectivity index (χ4v) is 4.63. The van der Waals surface area contributed by atoms with E-state index in [0.29, 0.717) is 44.3 Å². The molecule has 4 aromatic heterocycles. The van der Waals surface area contributed by atoms with Crippen LogP contribution in [-0.2, 0) is 0 Å². The largest absolute Gasteiger partial charge is 0.508 e. The highest BCUT2D eigenvalue weighted by Gasteiger charge is 2.19. The van der Waals surface area contributed by atoms with Gasteiger partial charge >= 0.3 is 11.3 Å². The van der Waals surface area contributed by atoms with Gasteiger partial charge in [0.15, 0.2) is 0 Å². The molecule has 166 valence electrons. The maximum atomic E-state index is 12.8. The maximum absolute atomic E-state index is 12.8. The summed E-state index contributed by atoms with van der Waals surface area (Å²) in [4.78, 5) is 30.0. The summed E-state index contributed by atoms with van der Waals surface area (Å²) >= 11 is 1.29. The lowest BCUT2D eigenvalue weighted by Gasteiger charge is -2.05. The molecule has 0 fully saturated rings. The molecular formula is C25H15N3O5S. The maximum Gasteiger partial charge on any atom is 0.345 e. The van der Waals surface area contributed by atoms with E-state index in [1.165, 1.54) is 23.5 Å². The van der Waals surface area contributed by atoms with Crippen LogP contribution >= 0.6 is 11.3 Å². The molecule has 8 nitrogen and oxygen atoms in total. The van der Waals surface area contributed by atoms with Gasteiger partial charge in [-0.25, -0.2) is 19.3 Å². The van der Waals surface area contributed by atoms with Crippen LogP contribution in [0, 0.1) is 6.92 Å². The first-order chi connectivity index (χ1) is 16.5. The minimum Gasteiger partial charge on any atom is -0.508 e. The van der Waals surface area contributed by atoms with Crippen LogP contribution in [0.5, 0.6) is 5.75 Å². The van der Waals surface area contributed by atoms with Gasteiger partial charge in [-0.3, -0.25) is 0 Å². The molecule has 0 bridgehead atoms. The zero-order valence-corrected chi connectivity index (χ0v) is 18.5. The van der Waals surface area contributed by atoms with Gasteiger partial charge < -0.3 is 13.9 Å². The van der Waals surface area contributed by atoms with Gasteiger partial charge in [-0.05, 0) is 43.3 Å². The van der Waals surface area contributed by atoms with Gasteiger partial charge in [-0.15, -0.1) is 11.3 Å². The fraction of sp³-hybridized carbons (Fsp3) is 0.0400. The second kappa shape index (κ2) is 7.53. The van der Waals surface area contributed by atoms with Gasteiger partial charge in [0.2, 0.25) is 5.13 Å². The van der Waals surface area contributed by atoms with E-state index < -0.39 is 11.3 Å². The van der Waals surface area contributed by atoms with Crippen molar-refractivity contribution in [1.29, 1.82) is 0 Å². The van der Waals surface area contributed by atoms with Crippen molar-refractivity contribution in [1.82, 2.24) is 14.8 Å². The lowest BCUT2D eigenvalue weighted by atomic mass is 10.1. The number of aromatic nitrogens is 3. The third-order valence-electron chi connectivity index (χ3n) is 5.42. The highest BCUT2D eigenvalue weighted by atomic mass is 32.1. The van der Waals surface area contributed by atoms with Crippen LogP contribution in [0.3, 0.4) is 0 Å². The van der Waals surface area contributed by atoms with Gasteiger partial charge in [0, 0.05) is 22.2 Å². The number of aryl methyl sites for hydroxylation is 1. The normalized spacial score (nSPS) is 11.4. The number of hydrogen-bond acceptors (Lipinski definition) is 8. The molecule has 9 heteroatoms. The quantitative estimate of drug-likeness (QED) is 0.367. The molecule has 0 saturated carbocycles. The minimum atomic E-state index is -0.564. The van der Waals surface area contributed by atoms with Crippen LogP contribution in [-0.4, -0.2) is 19.9 Å². The molecule has 0 aliphatic heterocycles. The molecule has 34 heavy (non-hydrogen) atoms. The molecule has 6 aromatic rings.